The summed E-state index contributed by atoms with van der Waals surface area (Å²) in [7, 11) is 0. The summed E-state index contributed by atoms with van der Waals surface area (Å²) in [5.74, 6) is -2.40. The number of rotatable bonds is 2. The summed E-state index contributed by atoms with van der Waals surface area (Å²) < 4.78 is 67.5. The van der Waals surface area contributed by atoms with E-state index in [4.69, 9.17) is 0 Å². The Balaban J connectivity index is 1.62. The minimum atomic E-state index is -4.51. The number of alkyl halides is 3. The number of hydrogen-bond donors (Lipinski definition) is 0. The zero-order chi connectivity index (χ0) is 20.8. The highest BCUT2D eigenvalue weighted by Crippen LogP contribution is 2.31. The molecule has 10 heteroatoms. The molecule has 29 heavy (non-hydrogen) atoms. The summed E-state index contributed by atoms with van der Waals surface area (Å²) in [4.78, 5) is 14.1. The van der Waals surface area contributed by atoms with Gasteiger partial charge >= 0.3 is 6.18 Å². The van der Waals surface area contributed by atoms with Gasteiger partial charge in [-0.2, -0.15) is 13.2 Å². The molecule has 0 aliphatic carbocycles. The molecular weight excluding hydrogens is 395 g/mol. The van der Waals surface area contributed by atoms with E-state index in [1.54, 1.807) is 0 Å². The first kappa shape index (κ1) is 19.3. The van der Waals surface area contributed by atoms with Gasteiger partial charge in [0.25, 0.3) is 5.91 Å². The van der Waals surface area contributed by atoms with Crippen molar-refractivity contribution in [3.63, 3.8) is 0 Å². The van der Waals surface area contributed by atoms with Crippen LogP contribution in [0.3, 0.4) is 0 Å². The molecule has 0 radical (unpaired) electrons. The van der Waals surface area contributed by atoms with Crippen molar-refractivity contribution in [3.8, 4) is 0 Å². The summed E-state index contributed by atoms with van der Waals surface area (Å²) >= 11 is 0. The average Bonchev–Trinajstić information content (AvgIpc) is 3.10. The Morgan fingerprint density at radius 1 is 1.10 bits per heavy atom. The van der Waals surface area contributed by atoms with E-state index < -0.39 is 29.3 Å². The fourth-order valence-electron chi connectivity index (χ4n) is 3.56. The van der Waals surface area contributed by atoms with E-state index in [2.05, 4.69) is 10.2 Å². The molecule has 1 aromatic carbocycles. The van der Waals surface area contributed by atoms with Crippen molar-refractivity contribution < 1.29 is 26.7 Å². The Kier molecular flexibility index (Phi) is 4.71. The molecule has 0 spiro atoms. The lowest BCUT2D eigenvalue weighted by Gasteiger charge is -2.32. The molecule has 3 aromatic rings. The maximum atomic E-state index is 14.0. The number of piperidine rings is 1. The second-order valence-electron chi connectivity index (χ2n) is 6.92. The van der Waals surface area contributed by atoms with E-state index >= 15 is 0 Å². The van der Waals surface area contributed by atoms with Gasteiger partial charge in [-0.3, -0.25) is 9.20 Å². The minimum Gasteiger partial charge on any atom is -0.338 e. The van der Waals surface area contributed by atoms with Crippen LogP contribution >= 0.6 is 0 Å². The number of likely N-dealkylation sites (tertiary alicyclic amines) is 1. The Labute approximate surface area is 161 Å². The molecule has 1 fully saturated rings. The smallest absolute Gasteiger partial charge is 0.338 e. The van der Waals surface area contributed by atoms with Gasteiger partial charge in [0.2, 0.25) is 0 Å². The van der Waals surface area contributed by atoms with E-state index in [0.717, 1.165) is 24.4 Å². The molecule has 1 aliphatic rings. The van der Waals surface area contributed by atoms with Gasteiger partial charge in [0.1, 0.15) is 17.5 Å². The normalized spacial score (nSPS) is 17.7. The standard InChI is InChI=1S/C19H15F5N4O/c20-13-4-5-14(15(21)8-13)18(29)27-7-1-2-11(9-27)17-26-25-16-6-3-12(10-28(16)17)19(22,23)24/h3-6,8,10-11H,1-2,7,9H2. The van der Waals surface area contributed by atoms with Crippen LogP contribution in [0.1, 0.15) is 40.5 Å². The number of amides is 1. The molecule has 1 atom stereocenters. The molecule has 1 saturated heterocycles. The van der Waals surface area contributed by atoms with Crippen LogP contribution in [0.25, 0.3) is 5.65 Å². The molecule has 1 aliphatic heterocycles. The molecule has 1 unspecified atom stereocenters. The fraction of sp³-hybridized carbons (Fsp3) is 0.316. The first-order valence-electron chi connectivity index (χ1n) is 8.90. The van der Waals surface area contributed by atoms with Crippen LogP contribution in [0, 0.1) is 11.6 Å². The lowest BCUT2D eigenvalue weighted by atomic mass is 9.96. The Bertz CT molecular complexity index is 1080. The molecule has 0 saturated carbocycles. The second kappa shape index (κ2) is 7.09. The topological polar surface area (TPSA) is 50.5 Å². The van der Waals surface area contributed by atoms with Gasteiger partial charge in [-0.25, -0.2) is 8.78 Å². The third-order valence-electron chi connectivity index (χ3n) is 4.99. The highest BCUT2D eigenvalue weighted by Gasteiger charge is 2.33. The number of pyridine rings is 1. The quantitative estimate of drug-likeness (QED) is 0.599. The zero-order valence-electron chi connectivity index (χ0n) is 15.0. The third kappa shape index (κ3) is 3.66. The van der Waals surface area contributed by atoms with Gasteiger partial charge in [-0.15, -0.1) is 10.2 Å². The highest BCUT2D eigenvalue weighted by molar-refractivity contribution is 5.94. The van der Waals surface area contributed by atoms with Crippen LogP contribution in [0.5, 0.6) is 0 Å². The third-order valence-corrected chi connectivity index (χ3v) is 4.99. The van der Waals surface area contributed by atoms with E-state index in [1.165, 1.54) is 15.4 Å². The van der Waals surface area contributed by atoms with Crippen LogP contribution in [-0.2, 0) is 6.18 Å². The number of fused-ring (bicyclic) bond motifs is 1. The van der Waals surface area contributed by atoms with Gasteiger partial charge in [0.05, 0.1) is 11.1 Å². The van der Waals surface area contributed by atoms with Gasteiger partial charge in [-0.05, 0) is 37.1 Å². The summed E-state index contributed by atoms with van der Waals surface area (Å²) in [6, 6.07) is 4.89. The zero-order valence-corrected chi connectivity index (χ0v) is 15.0. The van der Waals surface area contributed by atoms with Crippen LogP contribution in [0.2, 0.25) is 0 Å². The van der Waals surface area contributed by atoms with Crippen molar-refractivity contribution in [1.82, 2.24) is 19.5 Å². The Morgan fingerprint density at radius 3 is 2.62 bits per heavy atom. The van der Waals surface area contributed by atoms with Gasteiger partial charge < -0.3 is 4.90 Å². The molecular formula is C19H15F5N4O. The van der Waals surface area contributed by atoms with Gasteiger partial charge in [0, 0.05) is 31.3 Å². The maximum absolute atomic E-state index is 14.0. The predicted molar refractivity (Wildman–Crippen MR) is 92.2 cm³/mol. The van der Waals surface area contributed by atoms with Crippen LogP contribution in [-0.4, -0.2) is 38.5 Å². The summed E-state index contributed by atoms with van der Waals surface area (Å²) in [5, 5.41) is 7.93. The van der Waals surface area contributed by atoms with Crippen LogP contribution in [0.15, 0.2) is 36.5 Å². The number of carbonyl (C=O) groups is 1. The monoisotopic (exact) mass is 410 g/mol. The molecule has 152 valence electrons. The maximum Gasteiger partial charge on any atom is 0.417 e. The largest absolute Gasteiger partial charge is 0.417 e. The molecule has 3 heterocycles. The van der Waals surface area contributed by atoms with E-state index in [1.807, 2.05) is 0 Å². The molecule has 4 rings (SSSR count). The molecule has 1 amide bonds. The Hall–Kier alpha value is -3.04. The van der Waals surface area contributed by atoms with Crippen molar-refractivity contribution >= 4 is 11.6 Å². The lowest BCUT2D eigenvalue weighted by Crippen LogP contribution is -2.40. The number of aromatic nitrogens is 3. The first-order chi connectivity index (χ1) is 13.7. The minimum absolute atomic E-state index is 0.146. The van der Waals surface area contributed by atoms with Crippen molar-refractivity contribution in [3.05, 3.63) is 65.1 Å². The summed E-state index contributed by atoms with van der Waals surface area (Å²) in [6.07, 6.45) is -2.42. The van der Waals surface area contributed by atoms with Crippen molar-refractivity contribution in [2.24, 2.45) is 0 Å². The molecule has 2 aromatic heterocycles. The average molecular weight is 410 g/mol. The van der Waals surface area contributed by atoms with Crippen molar-refractivity contribution in [2.45, 2.75) is 24.9 Å². The Morgan fingerprint density at radius 2 is 1.90 bits per heavy atom. The van der Waals surface area contributed by atoms with E-state index in [-0.39, 0.29) is 23.7 Å². The molecule has 0 bridgehead atoms. The number of carbonyl (C=O) groups excluding carboxylic acids is 1. The number of halogens is 5. The molecule has 0 N–H and O–H groups in total. The number of nitrogens with zero attached hydrogens (tertiary/aromatic N) is 4. The number of hydrogen-bond acceptors (Lipinski definition) is 3. The van der Waals surface area contributed by atoms with Crippen LogP contribution < -0.4 is 0 Å². The van der Waals surface area contributed by atoms with E-state index in [9.17, 15) is 26.7 Å². The highest BCUT2D eigenvalue weighted by atomic mass is 19.4. The number of benzene rings is 1. The SMILES string of the molecule is O=C(c1ccc(F)cc1F)N1CCCC(c2nnc3ccc(C(F)(F)F)cn23)C1. The van der Waals surface area contributed by atoms with Gasteiger partial charge in [0.15, 0.2) is 5.65 Å². The van der Waals surface area contributed by atoms with Crippen molar-refractivity contribution in [2.75, 3.05) is 13.1 Å². The fourth-order valence-corrected chi connectivity index (χ4v) is 3.56. The molecule has 5 nitrogen and oxygen atoms in total. The van der Waals surface area contributed by atoms with Gasteiger partial charge in [-0.1, -0.05) is 0 Å². The van der Waals surface area contributed by atoms with E-state index in [0.29, 0.717) is 31.3 Å². The summed E-state index contributed by atoms with van der Waals surface area (Å²) in [5.41, 5.74) is -0.818. The summed E-state index contributed by atoms with van der Waals surface area (Å²) in [6.45, 7) is 0.503. The second-order valence-corrected chi connectivity index (χ2v) is 6.92. The van der Waals surface area contributed by atoms with Crippen molar-refractivity contribution in [1.29, 1.82) is 0 Å². The van der Waals surface area contributed by atoms with Crippen LogP contribution in [0.4, 0.5) is 22.0 Å². The lowest BCUT2D eigenvalue weighted by molar-refractivity contribution is -0.137. The first-order valence-corrected chi connectivity index (χ1v) is 8.90. The predicted octanol–water partition coefficient (Wildman–Crippen LogP) is 4.05.